The van der Waals surface area contributed by atoms with Crippen LogP contribution in [0.3, 0.4) is 0 Å². The van der Waals surface area contributed by atoms with Gasteiger partial charge in [0.05, 0.1) is 13.0 Å². The molecule has 0 aromatic heterocycles. The Balaban J connectivity index is 1.49. The second kappa shape index (κ2) is 7.20. The summed E-state index contributed by atoms with van der Waals surface area (Å²) in [5.74, 6) is 1.69. The zero-order valence-electron chi connectivity index (χ0n) is 14.8. The van der Waals surface area contributed by atoms with Crippen molar-refractivity contribution in [2.24, 2.45) is 5.92 Å². The zero-order chi connectivity index (χ0) is 18.1. The van der Waals surface area contributed by atoms with E-state index in [1.807, 2.05) is 47.4 Å². The number of benzene rings is 2. The number of nitrogens with zero attached hydrogens (tertiary/aromatic N) is 1. The maximum Gasteiger partial charge on any atom is 0.230 e. The maximum atomic E-state index is 13.2. The van der Waals surface area contributed by atoms with E-state index in [9.17, 15) is 4.79 Å². The Morgan fingerprint density at radius 2 is 2.00 bits per heavy atom. The van der Waals surface area contributed by atoms with Crippen LogP contribution >= 0.6 is 11.6 Å². The third-order valence-electron chi connectivity index (χ3n) is 5.06. The van der Waals surface area contributed by atoms with Gasteiger partial charge in [-0.1, -0.05) is 23.7 Å². The SMILES string of the molecule is COc1ccc(CN(C(=O)[C@H]2COc3ccc(Cl)cc3C2)C2CC2)cc1. The second-order valence-electron chi connectivity index (χ2n) is 7.01. The molecular weight excluding hydrogens is 350 g/mol. The highest BCUT2D eigenvalue weighted by molar-refractivity contribution is 6.30. The van der Waals surface area contributed by atoms with Crippen molar-refractivity contribution in [1.29, 1.82) is 0 Å². The predicted octanol–water partition coefficient (Wildman–Crippen LogP) is 4.09. The lowest BCUT2D eigenvalue weighted by Crippen LogP contribution is -2.41. The van der Waals surface area contributed by atoms with Crippen molar-refractivity contribution >= 4 is 17.5 Å². The minimum atomic E-state index is -0.153. The van der Waals surface area contributed by atoms with E-state index in [4.69, 9.17) is 21.1 Å². The highest BCUT2D eigenvalue weighted by Crippen LogP contribution is 2.34. The van der Waals surface area contributed by atoms with E-state index in [1.54, 1.807) is 7.11 Å². The van der Waals surface area contributed by atoms with Crippen molar-refractivity contribution < 1.29 is 14.3 Å². The van der Waals surface area contributed by atoms with Gasteiger partial charge in [0.25, 0.3) is 0 Å². The second-order valence-corrected chi connectivity index (χ2v) is 7.45. The van der Waals surface area contributed by atoms with Gasteiger partial charge < -0.3 is 14.4 Å². The Morgan fingerprint density at radius 1 is 1.23 bits per heavy atom. The molecule has 1 aliphatic carbocycles. The van der Waals surface area contributed by atoms with E-state index in [2.05, 4.69) is 0 Å². The first kappa shape index (κ1) is 17.2. The number of rotatable bonds is 5. The molecular formula is C21H22ClNO3. The Hall–Kier alpha value is -2.20. The van der Waals surface area contributed by atoms with Gasteiger partial charge in [-0.3, -0.25) is 4.79 Å². The average molecular weight is 372 g/mol. The van der Waals surface area contributed by atoms with Crippen LogP contribution in [0.1, 0.15) is 24.0 Å². The average Bonchev–Trinajstić information content (AvgIpc) is 3.50. The maximum absolute atomic E-state index is 13.2. The summed E-state index contributed by atoms with van der Waals surface area (Å²) in [6, 6.07) is 13.9. The molecule has 0 radical (unpaired) electrons. The number of fused-ring (bicyclic) bond motifs is 1. The van der Waals surface area contributed by atoms with Gasteiger partial charge in [0.15, 0.2) is 0 Å². The molecule has 0 N–H and O–H groups in total. The highest BCUT2D eigenvalue weighted by Gasteiger charge is 2.37. The minimum Gasteiger partial charge on any atom is -0.497 e. The van der Waals surface area contributed by atoms with Crippen LogP contribution in [0.2, 0.25) is 5.02 Å². The van der Waals surface area contributed by atoms with Crippen LogP contribution in [0.25, 0.3) is 0 Å². The summed E-state index contributed by atoms with van der Waals surface area (Å²) in [5, 5.41) is 0.678. The minimum absolute atomic E-state index is 0.153. The normalized spacial score (nSPS) is 18.6. The number of halogens is 1. The molecule has 0 spiro atoms. The summed E-state index contributed by atoms with van der Waals surface area (Å²) >= 11 is 6.10. The lowest BCUT2D eigenvalue weighted by Gasteiger charge is -2.30. The van der Waals surface area contributed by atoms with Gasteiger partial charge in [0, 0.05) is 17.6 Å². The first-order chi connectivity index (χ1) is 12.6. The molecule has 1 saturated carbocycles. The van der Waals surface area contributed by atoms with Crippen LogP contribution in [0.4, 0.5) is 0 Å². The topological polar surface area (TPSA) is 38.8 Å². The molecule has 2 aromatic carbocycles. The van der Waals surface area contributed by atoms with Crippen molar-refractivity contribution in [1.82, 2.24) is 4.90 Å². The van der Waals surface area contributed by atoms with Crippen LogP contribution in [-0.4, -0.2) is 30.6 Å². The molecule has 0 bridgehead atoms. The molecule has 4 rings (SSSR count). The van der Waals surface area contributed by atoms with Gasteiger partial charge in [0.2, 0.25) is 5.91 Å². The monoisotopic (exact) mass is 371 g/mol. The van der Waals surface area contributed by atoms with Gasteiger partial charge in [-0.2, -0.15) is 0 Å². The van der Waals surface area contributed by atoms with Crippen molar-refractivity contribution in [3.8, 4) is 11.5 Å². The molecule has 4 nitrogen and oxygen atoms in total. The van der Waals surface area contributed by atoms with Gasteiger partial charge in [0.1, 0.15) is 18.1 Å². The van der Waals surface area contributed by atoms with Crippen molar-refractivity contribution in [3.05, 3.63) is 58.6 Å². The first-order valence-corrected chi connectivity index (χ1v) is 9.36. The van der Waals surface area contributed by atoms with Gasteiger partial charge in [-0.05, 0) is 60.7 Å². The summed E-state index contributed by atoms with van der Waals surface area (Å²) in [6.07, 6.45) is 2.84. The lowest BCUT2D eigenvalue weighted by molar-refractivity contribution is -0.138. The number of ether oxygens (including phenoxy) is 2. The van der Waals surface area contributed by atoms with E-state index in [0.29, 0.717) is 30.6 Å². The van der Waals surface area contributed by atoms with Crippen LogP contribution < -0.4 is 9.47 Å². The standard InChI is InChI=1S/C21H22ClNO3/c1-25-19-7-2-14(3-8-19)12-23(18-5-6-18)21(24)16-10-15-11-17(22)4-9-20(15)26-13-16/h2-4,7-9,11,16,18H,5-6,10,12-13H2,1H3/t16-/m1/s1. The van der Waals surface area contributed by atoms with E-state index < -0.39 is 0 Å². The van der Waals surface area contributed by atoms with Crippen molar-refractivity contribution in [2.75, 3.05) is 13.7 Å². The molecule has 0 unspecified atom stereocenters. The molecule has 1 atom stereocenters. The Kier molecular flexibility index (Phi) is 4.77. The Bertz CT molecular complexity index is 801. The molecule has 0 saturated heterocycles. The fraction of sp³-hybridized carbons (Fsp3) is 0.381. The molecule has 1 fully saturated rings. The van der Waals surface area contributed by atoms with Gasteiger partial charge in [-0.15, -0.1) is 0 Å². The number of amides is 1. The first-order valence-electron chi connectivity index (χ1n) is 8.98. The Morgan fingerprint density at radius 3 is 2.69 bits per heavy atom. The number of carbonyl (C=O) groups is 1. The summed E-state index contributed by atoms with van der Waals surface area (Å²) in [4.78, 5) is 15.2. The smallest absolute Gasteiger partial charge is 0.230 e. The van der Waals surface area contributed by atoms with Crippen LogP contribution in [-0.2, 0) is 17.8 Å². The zero-order valence-corrected chi connectivity index (χ0v) is 15.5. The molecule has 26 heavy (non-hydrogen) atoms. The fourth-order valence-electron chi connectivity index (χ4n) is 3.46. The van der Waals surface area contributed by atoms with Crippen molar-refractivity contribution in [3.63, 3.8) is 0 Å². The summed E-state index contributed by atoms with van der Waals surface area (Å²) in [6.45, 7) is 1.06. The predicted molar refractivity (Wildman–Crippen MR) is 101 cm³/mol. The molecule has 1 aliphatic heterocycles. The highest BCUT2D eigenvalue weighted by atomic mass is 35.5. The van der Waals surface area contributed by atoms with Crippen LogP contribution in [0.5, 0.6) is 11.5 Å². The quantitative estimate of drug-likeness (QED) is 0.794. The molecule has 136 valence electrons. The molecule has 1 amide bonds. The summed E-state index contributed by atoms with van der Waals surface area (Å²) in [5.41, 5.74) is 2.13. The molecule has 5 heteroatoms. The van der Waals surface area contributed by atoms with E-state index in [-0.39, 0.29) is 11.8 Å². The summed E-state index contributed by atoms with van der Waals surface area (Å²) in [7, 11) is 1.65. The molecule has 2 aromatic rings. The van der Waals surface area contributed by atoms with Crippen LogP contribution in [0, 0.1) is 5.92 Å². The fourth-order valence-corrected chi connectivity index (χ4v) is 3.65. The number of hydrogen-bond donors (Lipinski definition) is 0. The third kappa shape index (κ3) is 3.65. The Labute approximate surface area is 158 Å². The van der Waals surface area contributed by atoms with E-state index >= 15 is 0 Å². The number of hydrogen-bond acceptors (Lipinski definition) is 3. The number of methoxy groups -OCH3 is 1. The largest absolute Gasteiger partial charge is 0.497 e. The van der Waals surface area contributed by atoms with Gasteiger partial charge in [-0.25, -0.2) is 0 Å². The third-order valence-corrected chi connectivity index (χ3v) is 5.30. The molecule has 1 heterocycles. The van der Waals surface area contributed by atoms with E-state index in [0.717, 1.165) is 35.5 Å². The lowest BCUT2D eigenvalue weighted by atomic mass is 9.95. The summed E-state index contributed by atoms with van der Waals surface area (Å²) < 4.78 is 11.0. The van der Waals surface area contributed by atoms with Crippen LogP contribution in [0.15, 0.2) is 42.5 Å². The number of carbonyl (C=O) groups excluding carboxylic acids is 1. The van der Waals surface area contributed by atoms with Crippen molar-refractivity contribution in [2.45, 2.75) is 31.8 Å². The molecule has 2 aliphatic rings. The van der Waals surface area contributed by atoms with E-state index in [1.165, 1.54) is 0 Å². The van der Waals surface area contributed by atoms with Gasteiger partial charge >= 0.3 is 0 Å².